The normalized spacial score (nSPS) is 14.1. The molecule has 1 amide bonds. The number of aldehydes is 1. The molecule has 0 aliphatic rings. The Kier molecular flexibility index (Phi) is 4.41. The SMILES string of the molecule is CN(C(=O)OC(C)(C)C)C(C)(C=O)c1cccc2cnccc12. The van der Waals surface area contributed by atoms with Crippen LogP contribution in [0.1, 0.15) is 33.3 Å². The number of nitrogens with zero attached hydrogens (tertiary/aromatic N) is 2. The predicted octanol–water partition coefficient (Wildman–Crippen LogP) is 3.52. The van der Waals surface area contributed by atoms with Gasteiger partial charge in [0.15, 0.2) is 0 Å². The second kappa shape index (κ2) is 5.99. The maximum Gasteiger partial charge on any atom is 0.411 e. The van der Waals surface area contributed by atoms with Gasteiger partial charge in [0.1, 0.15) is 17.4 Å². The highest BCUT2D eigenvalue weighted by molar-refractivity contribution is 5.90. The van der Waals surface area contributed by atoms with Crippen LogP contribution in [-0.2, 0) is 15.1 Å². The highest BCUT2D eigenvalue weighted by Crippen LogP contribution is 2.32. The quantitative estimate of drug-likeness (QED) is 0.813. The number of ether oxygens (including phenoxy) is 1. The van der Waals surface area contributed by atoms with Crippen LogP contribution >= 0.6 is 0 Å². The lowest BCUT2D eigenvalue weighted by molar-refractivity contribution is -0.117. The molecule has 0 bridgehead atoms. The number of pyridine rings is 1. The van der Waals surface area contributed by atoms with Crippen LogP contribution in [-0.4, -0.2) is 34.9 Å². The molecule has 0 saturated heterocycles. The summed E-state index contributed by atoms with van der Waals surface area (Å²) in [6, 6.07) is 7.46. The Hall–Kier alpha value is -2.43. The predicted molar refractivity (Wildman–Crippen MR) is 89.2 cm³/mol. The van der Waals surface area contributed by atoms with Crippen LogP contribution in [0.5, 0.6) is 0 Å². The van der Waals surface area contributed by atoms with E-state index in [0.717, 1.165) is 22.6 Å². The van der Waals surface area contributed by atoms with Crippen molar-refractivity contribution in [2.75, 3.05) is 7.05 Å². The molecule has 0 fully saturated rings. The minimum Gasteiger partial charge on any atom is -0.444 e. The topological polar surface area (TPSA) is 59.5 Å². The second-order valence-electron chi connectivity index (χ2n) is 6.71. The molecule has 5 nitrogen and oxygen atoms in total. The average molecular weight is 314 g/mol. The van der Waals surface area contributed by atoms with Gasteiger partial charge in [-0.25, -0.2) is 4.79 Å². The Morgan fingerprint density at radius 2 is 1.91 bits per heavy atom. The van der Waals surface area contributed by atoms with Gasteiger partial charge in [-0.2, -0.15) is 0 Å². The van der Waals surface area contributed by atoms with Gasteiger partial charge in [-0.1, -0.05) is 18.2 Å². The lowest BCUT2D eigenvalue weighted by Crippen LogP contribution is -2.48. The number of carbonyl (C=O) groups excluding carboxylic acids is 2. The number of likely N-dealkylation sites (N-methyl/N-ethyl adjacent to an activating group) is 1. The summed E-state index contributed by atoms with van der Waals surface area (Å²) in [6.45, 7) is 7.08. The Bertz CT molecular complexity index is 731. The summed E-state index contributed by atoms with van der Waals surface area (Å²) in [6.07, 6.45) is 3.63. The minimum absolute atomic E-state index is 0.543. The summed E-state index contributed by atoms with van der Waals surface area (Å²) >= 11 is 0. The molecule has 0 spiro atoms. The molecule has 0 aliphatic heterocycles. The number of aromatic nitrogens is 1. The molecule has 1 aromatic heterocycles. The number of carbonyl (C=O) groups is 2. The minimum atomic E-state index is -1.14. The first-order valence-electron chi connectivity index (χ1n) is 7.45. The van der Waals surface area contributed by atoms with E-state index in [9.17, 15) is 9.59 Å². The zero-order valence-corrected chi connectivity index (χ0v) is 14.2. The summed E-state index contributed by atoms with van der Waals surface area (Å²) < 4.78 is 5.40. The van der Waals surface area contributed by atoms with Crippen molar-refractivity contribution in [3.05, 3.63) is 42.2 Å². The molecule has 5 heteroatoms. The van der Waals surface area contributed by atoms with Crippen molar-refractivity contribution in [2.24, 2.45) is 0 Å². The molecule has 0 N–H and O–H groups in total. The van der Waals surface area contributed by atoms with Gasteiger partial charge < -0.3 is 9.53 Å². The fourth-order valence-electron chi connectivity index (χ4n) is 2.41. The van der Waals surface area contributed by atoms with Gasteiger partial charge in [0.05, 0.1) is 0 Å². The Morgan fingerprint density at radius 1 is 1.22 bits per heavy atom. The van der Waals surface area contributed by atoms with Crippen molar-refractivity contribution in [3.8, 4) is 0 Å². The standard InChI is InChI=1S/C18H22N2O3/c1-17(2,3)23-16(22)20(5)18(4,12-21)15-8-6-7-13-11-19-10-9-14(13)15/h6-12H,1-5H3. The van der Waals surface area contributed by atoms with E-state index < -0.39 is 17.2 Å². The van der Waals surface area contributed by atoms with Gasteiger partial charge in [-0.15, -0.1) is 0 Å². The number of fused-ring (bicyclic) bond motifs is 1. The van der Waals surface area contributed by atoms with E-state index >= 15 is 0 Å². The van der Waals surface area contributed by atoms with Crippen molar-refractivity contribution < 1.29 is 14.3 Å². The maximum atomic E-state index is 12.4. The summed E-state index contributed by atoms with van der Waals surface area (Å²) in [5, 5.41) is 1.79. The summed E-state index contributed by atoms with van der Waals surface area (Å²) in [7, 11) is 1.57. The smallest absolute Gasteiger partial charge is 0.411 e. The van der Waals surface area contributed by atoms with E-state index in [1.165, 1.54) is 4.90 Å². The summed E-state index contributed by atoms with van der Waals surface area (Å²) in [5.41, 5.74) is -1.03. The lowest BCUT2D eigenvalue weighted by atomic mass is 9.88. The first-order valence-corrected chi connectivity index (χ1v) is 7.45. The van der Waals surface area contributed by atoms with Crippen molar-refractivity contribution >= 4 is 23.2 Å². The van der Waals surface area contributed by atoms with Crippen molar-refractivity contribution in [1.82, 2.24) is 9.88 Å². The zero-order valence-electron chi connectivity index (χ0n) is 14.2. The molecule has 122 valence electrons. The number of hydrogen-bond acceptors (Lipinski definition) is 4. The van der Waals surface area contributed by atoms with Crippen LogP contribution in [0.4, 0.5) is 4.79 Å². The molecular formula is C18H22N2O3. The maximum absolute atomic E-state index is 12.4. The Labute approximate surface area is 136 Å². The highest BCUT2D eigenvalue weighted by atomic mass is 16.6. The molecule has 0 radical (unpaired) electrons. The number of hydrogen-bond donors (Lipinski definition) is 0. The van der Waals surface area contributed by atoms with Gasteiger partial charge in [0.2, 0.25) is 0 Å². The molecular weight excluding hydrogens is 292 g/mol. The van der Waals surface area contributed by atoms with Crippen molar-refractivity contribution in [1.29, 1.82) is 0 Å². The number of amides is 1. The van der Waals surface area contributed by atoms with Crippen LogP contribution in [0, 0.1) is 0 Å². The highest BCUT2D eigenvalue weighted by Gasteiger charge is 2.37. The van der Waals surface area contributed by atoms with Crippen molar-refractivity contribution in [3.63, 3.8) is 0 Å². The second-order valence-corrected chi connectivity index (χ2v) is 6.71. The Morgan fingerprint density at radius 3 is 2.52 bits per heavy atom. The van der Waals surface area contributed by atoms with Gasteiger partial charge >= 0.3 is 6.09 Å². The van der Waals surface area contributed by atoms with Gasteiger partial charge in [-0.05, 0) is 44.7 Å². The Balaban J connectivity index is 2.51. The lowest BCUT2D eigenvalue weighted by Gasteiger charge is -2.36. The van der Waals surface area contributed by atoms with Crippen molar-refractivity contribution in [2.45, 2.75) is 38.8 Å². The van der Waals surface area contributed by atoms with E-state index in [0.29, 0.717) is 0 Å². The summed E-state index contributed by atoms with van der Waals surface area (Å²) in [4.78, 5) is 29.8. The third-order valence-electron chi connectivity index (χ3n) is 3.82. The monoisotopic (exact) mass is 314 g/mol. The molecule has 1 atom stereocenters. The number of benzene rings is 1. The molecule has 23 heavy (non-hydrogen) atoms. The molecule has 2 rings (SSSR count). The van der Waals surface area contributed by atoms with Crippen LogP contribution in [0.25, 0.3) is 10.8 Å². The van der Waals surface area contributed by atoms with Crippen LogP contribution in [0.2, 0.25) is 0 Å². The molecule has 1 heterocycles. The van der Waals surface area contributed by atoms with E-state index in [1.807, 2.05) is 24.3 Å². The van der Waals surface area contributed by atoms with E-state index in [1.54, 1.807) is 47.1 Å². The molecule has 1 unspecified atom stereocenters. The fraction of sp³-hybridized carbons (Fsp3) is 0.389. The first-order chi connectivity index (χ1) is 10.7. The first kappa shape index (κ1) is 16.9. The van der Waals surface area contributed by atoms with Gasteiger partial charge in [0.25, 0.3) is 0 Å². The van der Waals surface area contributed by atoms with Gasteiger partial charge in [-0.3, -0.25) is 9.88 Å². The molecule has 0 saturated carbocycles. The fourth-order valence-corrected chi connectivity index (χ4v) is 2.41. The largest absolute Gasteiger partial charge is 0.444 e. The third-order valence-corrected chi connectivity index (χ3v) is 3.82. The summed E-state index contributed by atoms with van der Waals surface area (Å²) in [5.74, 6) is 0. The third kappa shape index (κ3) is 3.33. The van der Waals surface area contributed by atoms with E-state index in [-0.39, 0.29) is 0 Å². The van der Waals surface area contributed by atoms with Gasteiger partial charge in [0, 0.05) is 24.8 Å². The van der Waals surface area contributed by atoms with E-state index in [4.69, 9.17) is 4.74 Å². The zero-order chi connectivity index (χ0) is 17.3. The molecule has 2 aromatic rings. The molecule has 1 aromatic carbocycles. The average Bonchev–Trinajstić information content (AvgIpc) is 2.51. The van der Waals surface area contributed by atoms with Crippen LogP contribution < -0.4 is 0 Å². The van der Waals surface area contributed by atoms with Crippen LogP contribution in [0.15, 0.2) is 36.7 Å². The molecule has 0 aliphatic carbocycles. The number of rotatable bonds is 3. The van der Waals surface area contributed by atoms with E-state index in [2.05, 4.69) is 4.98 Å². The van der Waals surface area contributed by atoms with Crippen LogP contribution in [0.3, 0.4) is 0 Å².